The standard InChI is InChI=1S/C46H32N4/c1-31-37-18-8-11-21-42(37)50-45-23-13-10-20-40(45)47-46(50)30-34-28-32(24-26-41(34)48(31)35-14-4-2-5-15-35)33-25-27-44-39(29-33)38-19-9-12-22-43(38)49(44)36-16-6-3-7-17-36/h2-29H,1,30H2. The van der Waals surface area contributed by atoms with Crippen molar-refractivity contribution < 1.29 is 0 Å². The van der Waals surface area contributed by atoms with Gasteiger partial charge in [0.25, 0.3) is 0 Å². The molecule has 9 aromatic rings. The van der Waals surface area contributed by atoms with E-state index in [9.17, 15) is 0 Å². The van der Waals surface area contributed by atoms with Crippen molar-refractivity contribution in [1.82, 2.24) is 14.1 Å². The number of para-hydroxylation sites is 6. The van der Waals surface area contributed by atoms with E-state index in [1.54, 1.807) is 0 Å². The molecule has 7 aromatic carbocycles. The first-order valence-electron chi connectivity index (χ1n) is 17.0. The molecule has 0 bridgehead atoms. The van der Waals surface area contributed by atoms with Crippen molar-refractivity contribution >= 4 is 49.9 Å². The van der Waals surface area contributed by atoms with Crippen molar-refractivity contribution in [3.63, 3.8) is 0 Å². The lowest BCUT2D eigenvalue weighted by Crippen LogP contribution is -2.16. The largest absolute Gasteiger partial charge is 0.310 e. The molecule has 0 aliphatic carbocycles. The van der Waals surface area contributed by atoms with Crippen LogP contribution in [0.4, 0.5) is 11.4 Å². The summed E-state index contributed by atoms with van der Waals surface area (Å²) >= 11 is 0. The zero-order valence-corrected chi connectivity index (χ0v) is 27.4. The van der Waals surface area contributed by atoms with Crippen molar-refractivity contribution in [2.24, 2.45) is 0 Å². The molecule has 1 aliphatic heterocycles. The van der Waals surface area contributed by atoms with Gasteiger partial charge in [-0.1, -0.05) is 104 Å². The van der Waals surface area contributed by atoms with Gasteiger partial charge in [-0.15, -0.1) is 0 Å². The molecule has 50 heavy (non-hydrogen) atoms. The number of hydrogen-bond acceptors (Lipinski definition) is 2. The molecular weight excluding hydrogens is 609 g/mol. The van der Waals surface area contributed by atoms with Crippen LogP contribution in [0.25, 0.3) is 61.0 Å². The molecule has 0 saturated carbocycles. The Balaban J connectivity index is 1.20. The molecular formula is C46H32N4. The Morgan fingerprint density at radius 2 is 1.12 bits per heavy atom. The Labute approximate surface area is 290 Å². The summed E-state index contributed by atoms with van der Waals surface area (Å²) in [7, 11) is 0. The maximum absolute atomic E-state index is 5.24. The number of rotatable bonds is 3. The Morgan fingerprint density at radius 1 is 0.480 bits per heavy atom. The summed E-state index contributed by atoms with van der Waals surface area (Å²) in [6.45, 7) is 4.75. The SMILES string of the molecule is C=C1c2ccccc2-n2c(nc3ccccc32)Cc2cc(-c3ccc4c(c3)c3ccccc3n4-c3ccccc3)ccc2N1c1ccccc1. The molecule has 236 valence electrons. The fourth-order valence-corrected chi connectivity index (χ4v) is 7.82. The van der Waals surface area contributed by atoms with Gasteiger partial charge in [0.15, 0.2) is 0 Å². The third-order valence-electron chi connectivity index (χ3n) is 10.1. The molecule has 0 radical (unpaired) electrons. The van der Waals surface area contributed by atoms with E-state index in [-0.39, 0.29) is 0 Å². The smallest absolute Gasteiger partial charge is 0.118 e. The number of hydrogen-bond donors (Lipinski definition) is 0. The lowest BCUT2D eigenvalue weighted by molar-refractivity contribution is 0.934. The van der Waals surface area contributed by atoms with Gasteiger partial charge in [-0.25, -0.2) is 4.98 Å². The predicted octanol–water partition coefficient (Wildman–Crippen LogP) is 11.5. The number of anilines is 2. The number of fused-ring (bicyclic) bond motifs is 9. The molecule has 0 unspecified atom stereocenters. The van der Waals surface area contributed by atoms with Crippen LogP contribution in [0.2, 0.25) is 0 Å². The number of aromatic nitrogens is 3. The van der Waals surface area contributed by atoms with Crippen LogP contribution in [-0.4, -0.2) is 14.1 Å². The molecule has 0 N–H and O–H groups in total. The highest BCUT2D eigenvalue weighted by Crippen LogP contribution is 2.43. The molecule has 10 rings (SSSR count). The van der Waals surface area contributed by atoms with Crippen molar-refractivity contribution in [3.05, 3.63) is 193 Å². The Morgan fingerprint density at radius 3 is 1.96 bits per heavy atom. The van der Waals surface area contributed by atoms with Crippen molar-refractivity contribution in [2.45, 2.75) is 6.42 Å². The lowest BCUT2D eigenvalue weighted by atomic mass is 9.97. The van der Waals surface area contributed by atoms with Gasteiger partial charge in [-0.3, -0.25) is 4.57 Å². The fraction of sp³-hybridized carbons (Fsp3) is 0.0217. The van der Waals surface area contributed by atoms with Crippen LogP contribution in [0, 0.1) is 0 Å². The Hall–Kier alpha value is -6.65. The van der Waals surface area contributed by atoms with Crippen LogP contribution in [0.15, 0.2) is 176 Å². The molecule has 0 saturated heterocycles. The van der Waals surface area contributed by atoms with Gasteiger partial charge >= 0.3 is 0 Å². The Kier molecular flexibility index (Phi) is 6.36. The van der Waals surface area contributed by atoms with Crippen LogP contribution in [-0.2, 0) is 6.42 Å². The van der Waals surface area contributed by atoms with Gasteiger partial charge in [0.1, 0.15) is 5.82 Å². The zero-order chi connectivity index (χ0) is 33.2. The first-order chi connectivity index (χ1) is 24.7. The van der Waals surface area contributed by atoms with Gasteiger partial charge in [-0.05, 0) is 89.5 Å². The maximum atomic E-state index is 5.24. The molecule has 3 heterocycles. The quantitative estimate of drug-likeness (QED) is 0.192. The summed E-state index contributed by atoms with van der Waals surface area (Å²) in [6.07, 6.45) is 0.651. The topological polar surface area (TPSA) is 26.0 Å². The van der Waals surface area contributed by atoms with Crippen LogP contribution in [0.1, 0.15) is 17.0 Å². The second-order valence-corrected chi connectivity index (χ2v) is 12.9. The molecule has 4 nitrogen and oxygen atoms in total. The van der Waals surface area contributed by atoms with E-state index in [1.807, 2.05) is 0 Å². The van der Waals surface area contributed by atoms with Crippen LogP contribution in [0.3, 0.4) is 0 Å². The van der Waals surface area contributed by atoms with Crippen molar-refractivity contribution in [1.29, 1.82) is 0 Å². The normalized spacial score (nSPS) is 12.7. The van der Waals surface area contributed by atoms with E-state index in [2.05, 4.69) is 184 Å². The second kappa shape index (κ2) is 11.2. The fourth-order valence-electron chi connectivity index (χ4n) is 7.82. The average Bonchev–Trinajstić information content (AvgIpc) is 3.71. The van der Waals surface area contributed by atoms with E-state index in [4.69, 9.17) is 11.6 Å². The van der Waals surface area contributed by atoms with Crippen molar-refractivity contribution in [3.8, 4) is 22.5 Å². The minimum atomic E-state index is 0.651. The summed E-state index contributed by atoms with van der Waals surface area (Å²) in [4.78, 5) is 7.55. The monoisotopic (exact) mass is 640 g/mol. The highest BCUT2D eigenvalue weighted by Gasteiger charge is 2.26. The van der Waals surface area contributed by atoms with E-state index >= 15 is 0 Å². The summed E-state index contributed by atoms with van der Waals surface area (Å²) < 4.78 is 4.69. The molecule has 0 spiro atoms. The highest BCUT2D eigenvalue weighted by molar-refractivity contribution is 6.10. The van der Waals surface area contributed by atoms with Crippen LogP contribution >= 0.6 is 0 Å². The summed E-state index contributed by atoms with van der Waals surface area (Å²) in [5.41, 5.74) is 14.4. The van der Waals surface area contributed by atoms with E-state index < -0.39 is 0 Å². The second-order valence-electron chi connectivity index (χ2n) is 12.9. The molecule has 0 atom stereocenters. The van der Waals surface area contributed by atoms with Gasteiger partial charge in [0.2, 0.25) is 0 Å². The first-order valence-corrected chi connectivity index (χ1v) is 17.0. The molecule has 4 heteroatoms. The lowest BCUT2D eigenvalue weighted by Gasteiger charge is -2.29. The van der Waals surface area contributed by atoms with Crippen LogP contribution < -0.4 is 4.90 Å². The Bertz CT molecular complexity index is 2750. The summed E-state index contributed by atoms with van der Waals surface area (Å²) in [5.74, 6) is 1.00. The first kappa shape index (κ1) is 28.4. The number of nitrogens with zero attached hydrogens (tertiary/aromatic N) is 4. The maximum Gasteiger partial charge on any atom is 0.118 e. The summed E-state index contributed by atoms with van der Waals surface area (Å²) in [5, 5.41) is 2.48. The van der Waals surface area contributed by atoms with E-state index in [0.717, 1.165) is 50.9 Å². The number of imidazole rings is 1. The third kappa shape index (κ3) is 4.35. The number of benzene rings is 7. The minimum Gasteiger partial charge on any atom is -0.310 e. The molecule has 2 aromatic heterocycles. The average molecular weight is 641 g/mol. The van der Waals surface area contributed by atoms with Gasteiger partial charge in [0.05, 0.1) is 27.8 Å². The van der Waals surface area contributed by atoms with E-state index in [1.165, 1.54) is 38.5 Å². The van der Waals surface area contributed by atoms with Gasteiger partial charge < -0.3 is 9.47 Å². The van der Waals surface area contributed by atoms with Crippen LogP contribution in [0.5, 0.6) is 0 Å². The van der Waals surface area contributed by atoms with E-state index in [0.29, 0.717) is 6.42 Å². The van der Waals surface area contributed by atoms with Crippen molar-refractivity contribution in [2.75, 3.05) is 4.90 Å². The predicted molar refractivity (Wildman–Crippen MR) is 208 cm³/mol. The molecule has 0 amide bonds. The van der Waals surface area contributed by atoms with Gasteiger partial charge in [-0.2, -0.15) is 0 Å². The molecule has 0 fully saturated rings. The van der Waals surface area contributed by atoms with Gasteiger partial charge in [0, 0.05) is 45.5 Å². The third-order valence-corrected chi connectivity index (χ3v) is 10.1. The summed E-state index contributed by atoms with van der Waals surface area (Å²) in [6, 6.07) is 60.6. The minimum absolute atomic E-state index is 0.651. The molecule has 1 aliphatic rings. The zero-order valence-electron chi connectivity index (χ0n) is 27.4. The highest BCUT2D eigenvalue weighted by atomic mass is 15.2.